The highest BCUT2D eigenvalue weighted by molar-refractivity contribution is 6.02. The quantitative estimate of drug-likeness (QED) is 0.882. The molecule has 2 aromatic rings. The van der Waals surface area contributed by atoms with Crippen molar-refractivity contribution < 1.29 is 4.79 Å². The first-order valence-electron chi connectivity index (χ1n) is 6.10. The second-order valence-electron chi connectivity index (χ2n) is 4.40. The van der Waals surface area contributed by atoms with E-state index in [9.17, 15) is 4.79 Å². The lowest BCUT2D eigenvalue weighted by atomic mass is 10.3. The lowest BCUT2D eigenvalue weighted by Crippen LogP contribution is -2.14. The lowest BCUT2D eigenvalue weighted by molar-refractivity contribution is 0.102. The molecule has 2 rings (SSSR count). The molecule has 0 bridgehead atoms. The summed E-state index contributed by atoms with van der Waals surface area (Å²) in [5, 5.41) is 5.93. The normalized spacial score (nSPS) is 10.3. The predicted molar refractivity (Wildman–Crippen MR) is 75.2 cm³/mol. The minimum Gasteiger partial charge on any atom is -0.368 e. The number of aromatic nitrogens is 2. The molecule has 2 N–H and O–H groups in total. The summed E-state index contributed by atoms with van der Waals surface area (Å²) in [6, 6.07) is 9.16. The van der Waals surface area contributed by atoms with Gasteiger partial charge < -0.3 is 10.6 Å². The van der Waals surface area contributed by atoms with Gasteiger partial charge in [-0.25, -0.2) is 4.98 Å². The highest BCUT2D eigenvalue weighted by atomic mass is 16.1. The van der Waals surface area contributed by atoms with Gasteiger partial charge in [-0.15, -0.1) is 0 Å². The van der Waals surface area contributed by atoms with E-state index in [0.29, 0.717) is 17.4 Å². The zero-order valence-corrected chi connectivity index (χ0v) is 10.9. The zero-order valence-electron chi connectivity index (χ0n) is 10.9. The molecule has 0 fully saturated rings. The molecule has 5 nitrogen and oxygen atoms in total. The van der Waals surface area contributed by atoms with Gasteiger partial charge in [-0.1, -0.05) is 6.07 Å². The van der Waals surface area contributed by atoms with E-state index in [1.807, 2.05) is 19.9 Å². The summed E-state index contributed by atoms with van der Waals surface area (Å²) in [7, 11) is 0. The Morgan fingerprint density at radius 1 is 1.16 bits per heavy atom. The summed E-state index contributed by atoms with van der Waals surface area (Å²) in [5.74, 6) is 0.540. The van der Waals surface area contributed by atoms with Crippen LogP contribution in [0.25, 0.3) is 0 Å². The average Bonchev–Trinajstić information content (AvgIpc) is 2.41. The van der Waals surface area contributed by atoms with E-state index >= 15 is 0 Å². The number of nitrogens with zero attached hydrogens (tertiary/aromatic N) is 2. The van der Waals surface area contributed by atoms with Crippen LogP contribution in [-0.2, 0) is 0 Å². The molecule has 98 valence electrons. The van der Waals surface area contributed by atoms with E-state index in [1.54, 1.807) is 36.7 Å². The van der Waals surface area contributed by atoms with Crippen LogP contribution in [0, 0.1) is 0 Å². The first-order valence-corrected chi connectivity index (χ1v) is 6.10. The molecule has 5 heteroatoms. The van der Waals surface area contributed by atoms with Crippen LogP contribution in [-0.4, -0.2) is 21.9 Å². The smallest absolute Gasteiger partial charge is 0.274 e. The van der Waals surface area contributed by atoms with Crippen molar-refractivity contribution in [2.24, 2.45) is 0 Å². The first kappa shape index (κ1) is 13.0. The predicted octanol–water partition coefficient (Wildman–Crippen LogP) is 2.55. The van der Waals surface area contributed by atoms with Crippen molar-refractivity contribution in [2.75, 3.05) is 10.6 Å². The summed E-state index contributed by atoms with van der Waals surface area (Å²) < 4.78 is 0. The highest BCUT2D eigenvalue weighted by Gasteiger charge is 2.06. The molecule has 0 aromatic carbocycles. The monoisotopic (exact) mass is 256 g/mol. The Hall–Kier alpha value is -2.43. The standard InChI is InChI=1S/C14H16N4O/c1-10(2)17-13-7-6-11(9-16-13)18-14(19)12-5-3-4-8-15-12/h3-10H,1-2H3,(H,16,17)(H,18,19). The molecule has 2 heterocycles. The molecule has 2 aromatic heterocycles. The molecule has 0 unspecified atom stereocenters. The van der Waals surface area contributed by atoms with Gasteiger partial charge in [0, 0.05) is 12.2 Å². The van der Waals surface area contributed by atoms with Gasteiger partial charge in [0.1, 0.15) is 11.5 Å². The fourth-order valence-electron chi connectivity index (χ4n) is 1.54. The van der Waals surface area contributed by atoms with E-state index in [-0.39, 0.29) is 5.91 Å². The highest BCUT2D eigenvalue weighted by Crippen LogP contribution is 2.11. The Kier molecular flexibility index (Phi) is 4.07. The molecule has 0 spiro atoms. The number of carbonyl (C=O) groups is 1. The second kappa shape index (κ2) is 5.95. The van der Waals surface area contributed by atoms with Gasteiger partial charge in [-0.05, 0) is 38.1 Å². The minimum atomic E-state index is -0.244. The molecule has 0 radical (unpaired) electrons. The number of rotatable bonds is 4. The second-order valence-corrected chi connectivity index (χ2v) is 4.40. The van der Waals surface area contributed by atoms with Crippen LogP contribution in [0.2, 0.25) is 0 Å². The van der Waals surface area contributed by atoms with Crippen molar-refractivity contribution >= 4 is 17.4 Å². The third-order valence-corrected chi connectivity index (χ3v) is 2.36. The summed E-state index contributed by atoms with van der Waals surface area (Å²) in [5.41, 5.74) is 1.02. The van der Waals surface area contributed by atoms with Gasteiger partial charge in [0.05, 0.1) is 11.9 Å². The number of hydrogen-bond donors (Lipinski definition) is 2. The van der Waals surface area contributed by atoms with Crippen molar-refractivity contribution in [3.63, 3.8) is 0 Å². The van der Waals surface area contributed by atoms with E-state index in [1.165, 1.54) is 0 Å². The summed E-state index contributed by atoms with van der Waals surface area (Å²) >= 11 is 0. The van der Waals surface area contributed by atoms with Crippen molar-refractivity contribution in [3.8, 4) is 0 Å². The van der Waals surface area contributed by atoms with E-state index in [0.717, 1.165) is 5.82 Å². The van der Waals surface area contributed by atoms with Crippen molar-refractivity contribution in [3.05, 3.63) is 48.4 Å². The van der Waals surface area contributed by atoms with Gasteiger partial charge in [-0.3, -0.25) is 9.78 Å². The Morgan fingerprint density at radius 2 is 2.00 bits per heavy atom. The van der Waals surface area contributed by atoms with E-state index in [4.69, 9.17) is 0 Å². The number of carbonyl (C=O) groups excluding carboxylic acids is 1. The number of amides is 1. The third kappa shape index (κ3) is 3.77. The summed E-state index contributed by atoms with van der Waals surface area (Å²) in [6.07, 6.45) is 3.20. The van der Waals surface area contributed by atoms with Gasteiger partial charge in [0.25, 0.3) is 5.91 Å². The number of hydrogen-bond acceptors (Lipinski definition) is 4. The Balaban J connectivity index is 2.02. The third-order valence-electron chi connectivity index (χ3n) is 2.36. The Bertz CT molecular complexity index is 537. The van der Waals surface area contributed by atoms with Crippen LogP contribution in [0.1, 0.15) is 24.3 Å². The van der Waals surface area contributed by atoms with Crippen LogP contribution in [0.15, 0.2) is 42.7 Å². The Labute approximate surface area is 112 Å². The van der Waals surface area contributed by atoms with Gasteiger partial charge in [-0.2, -0.15) is 0 Å². The Morgan fingerprint density at radius 3 is 2.58 bits per heavy atom. The van der Waals surface area contributed by atoms with Crippen LogP contribution in [0.5, 0.6) is 0 Å². The molecule has 0 saturated heterocycles. The average molecular weight is 256 g/mol. The maximum atomic E-state index is 11.9. The SMILES string of the molecule is CC(C)Nc1ccc(NC(=O)c2ccccn2)cn1. The van der Waals surface area contributed by atoms with Crippen molar-refractivity contribution in [1.29, 1.82) is 0 Å². The van der Waals surface area contributed by atoms with Crippen LogP contribution < -0.4 is 10.6 Å². The topological polar surface area (TPSA) is 66.9 Å². The van der Waals surface area contributed by atoms with Gasteiger partial charge in [0.2, 0.25) is 0 Å². The fourth-order valence-corrected chi connectivity index (χ4v) is 1.54. The molecule has 0 aliphatic heterocycles. The number of pyridine rings is 2. The van der Waals surface area contributed by atoms with Crippen LogP contribution in [0.3, 0.4) is 0 Å². The lowest BCUT2D eigenvalue weighted by Gasteiger charge is -2.09. The molecular formula is C14H16N4O. The van der Waals surface area contributed by atoms with E-state index in [2.05, 4.69) is 20.6 Å². The fraction of sp³-hybridized carbons (Fsp3) is 0.214. The molecule has 0 aliphatic rings. The van der Waals surface area contributed by atoms with E-state index < -0.39 is 0 Å². The van der Waals surface area contributed by atoms with Gasteiger partial charge in [0.15, 0.2) is 0 Å². The molecule has 1 amide bonds. The molecule has 0 aliphatic carbocycles. The molecule has 0 saturated carbocycles. The van der Waals surface area contributed by atoms with Crippen molar-refractivity contribution in [1.82, 2.24) is 9.97 Å². The summed E-state index contributed by atoms with van der Waals surface area (Å²) in [6.45, 7) is 4.08. The zero-order chi connectivity index (χ0) is 13.7. The molecular weight excluding hydrogens is 240 g/mol. The minimum absolute atomic E-state index is 0.244. The summed E-state index contributed by atoms with van der Waals surface area (Å²) in [4.78, 5) is 20.1. The largest absolute Gasteiger partial charge is 0.368 e. The van der Waals surface area contributed by atoms with Crippen LogP contribution in [0.4, 0.5) is 11.5 Å². The maximum Gasteiger partial charge on any atom is 0.274 e. The molecule has 19 heavy (non-hydrogen) atoms. The number of anilines is 2. The maximum absolute atomic E-state index is 11.9. The van der Waals surface area contributed by atoms with Crippen LogP contribution >= 0.6 is 0 Å². The molecule has 0 atom stereocenters. The number of nitrogens with one attached hydrogen (secondary N) is 2. The van der Waals surface area contributed by atoms with Crippen molar-refractivity contribution in [2.45, 2.75) is 19.9 Å². The van der Waals surface area contributed by atoms with Gasteiger partial charge >= 0.3 is 0 Å². The first-order chi connectivity index (χ1) is 9.15.